The second kappa shape index (κ2) is 7.11. The number of amides is 1. The summed E-state index contributed by atoms with van der Waals surface area (Å²) in [6.45, 7) is 5.03. The molecule has 2 heterocycles. The molecule has 0 fully saturated rings. The highest BCUT2D eigenvalue weighted by Crippen LogP contribution is 2.14. The van der Waals surface area contributed by atoms with E-state index in [0.29, 0.717) is 23.7 Å². The first-order chi connectivity index (χ1) is 11.9. The van der Waals surface area contributed by atoms with Crippen LogP contribution in [0.4, 0.5) is 0 Å². The first-order valence-electron chi connectivity index (χ1n) is 7.98. The number of nitrogens with zero attached hydrogens (tertiary/aromatic N) is 4. The molecule has 1 amide bonds. The van der Waals surface area contributed by atoms with Gasteiger partial charge in [-0.1, -0.05) is 23.7 Å². The molecule has 0 saturated carbocycles. The molecule has 3 aromatic rings. The van der Waals surface area contributed by atoms with Gasteiger partial charge in [-0.2, -0.15) is 10.2 Å². The third-order valence-corrected chi connectivity index (χ3v) is 4.39. The summed E-state index contributed by atoms with van der Waals surface area (Å²) in [5.74, 6) is -0.144. The molecule has 0 spiro atoms. The Balaban J connectivity index is 1.63. The predicted molar refractivity (Wildman–Crippen MR) is 96.6 cm³/mol. The van der Waals surface area contributed by atoms with Crippen molar-refractivity contribution in [1.29, 1.82) is 0 Å². The number of rotatable bonds is 5. The molecule has 0 aliphatic carbocycles. The van der Waals surface area contributed by atoms with Gasteiger partial charge in [-0.15, -0.1) is 0 Å². The first kappa shape index (κ1) is 17.2. The summed E-state index contributed by atoms with van der Waals surface area (Å²) in [6.07, 6.45) is 1.57. The van der Waals surface area contributed by atoms with Gasteiger partial charge in [-0.25, -0.2) is 0 Å². The molecule has 6 nitrogen and oxygen atoms in total. The topological polar surface area (TPSA) is 64.7 Å². The predicted octanol–water partition coefficient (Wildman–Crippen LogP) is 2.87. The molecule has 0 saturated heterocycles. The number of benzene rings is 1. The molecule has 2 aromatic heterocycles. The Labute approximate surface area is 151 Å². The molecule has 0 atom stereocenters. The third-order valence-electron chi connectivity index (χ3n) is 4.08. The SMILES string of the molecule is Cc1cc(C)n(Cc2ccc(C(=O)NCc3c(Cl)cnn3C)cc2)n1. The highest BCUT2D eigenvalue weighted by molar-refractivity contribution is 6.31. The Bertz CT molecular complexity index is 875. The molecule has 1 aromatic carbocycles. The van der Waals surface area contributed by atoms with Crippen LogP contribution in [0, 0.1) is 13.8 Å². The minimum atomic E-state index is -0.144. The zero-order valence-corrected chi connectivity index (χ0v) is 15.2. The van der Waals surface area contributed by atoms with Gasteiger partial charge in [0.05, 0.1) is 35.7 Å². The number of hydrogen-bond acceptors (Lipinski definition) is 3. The minimum absolute atomic E-state index is 0.144. The van der Waals surface area contributed by atoms with Gasteiger partial charge in [-0.05, 0) is 37.6 Å². The minimum Gasteiger partial charge on any atom is -0.346 e. The fourth-order valence-corrected chi connectivity index (χ4v) is 2.90. The van der Waals surface area contributed by atoms with Crippen molar-refractivity contribution in [3.63, 3.8) is 0 Å². The Hall–Kier alpha value is -2.60. The van der Waals surface area contributed by atoms with Crippen molar-refractivity contribution in [3.8, 4) is 0 Å². The van der Waals surface area contributed by atoms with E-state index in [4.69, 9.17) is 11.6 Å². The number of halogens is 1. The number of aromatic nitrogens is 4. The lowest BCUT2D eigenvalue weighted by atomic mass is 10.1. The standard InChI is InChI=1S/C18H20ClN5O/c1-12-8-13(2)24(22-12)11-14-4-6-15(7-5-14)18(25)20-10-17-16(19)9-21-23(17)3/h4-9H,10-11H2,1-3H3,(H,20,25). The van der Waals surface area contributed by atoms with Gasteiger partial charge >= 0.3 is 0 Å². The fourth-order valence-electron chi connectivity index (χ4n) is 2.67. The normalized spacial score (nSPS) is 10.9. The molecule has 0 radical (unpaired) electrons. The van der Waals surface area contributed by atoms with Gasteiger partial charge in [0.2, 0.25) is 0 Å². The molecule has 1 N–H and O–H groups in total. The van der Waals surface area contributed by atoms with E-state index in [9.17, 15) is 4.79 Å². The molecule has 3 rings (SSSR count). The summed E-state index contributed by atoms with van der Waals surface area (Å²) in [5, 5.41) is 11.9. The average molecular weight is 358 g/mol. The zero-order chi connectivity index (χ0) is 18.0. The van der Waals surface area contributed by atoms with Gasteiger partial charge in [0.25, 0.3) is 5.91 Å². The summed E-state index contributed by atoms with van der Waals surface area (Å²) < 4.78 is 3.61. The summed E-state index contributed by atoms with van der Waals surface area (Å²) in [4.78, 5) is 12.3. The summed E-state index contributed by atoms with van der Waals surface area (Å²) in [5.41, 5.74) is 4.60. The molecular formula is C18H20ClN5O. The number of carbonyl (C=O) groups is 1. The van der Waals surface area contributed by atoms with E-state index < -0.39 is 0 Å². The molecular weight excluding hydrogens is 338 g/mol. The van der Waals surface area contributed by atoms with Crippen LogP contribution in [-0.2, 0) is 20.1 Å². The van der Waals surface area contributed by atoms with Crippen molar-refractivity contribution in [2.45, 2.75) is 26.9 Å². The smallest absolute Gasteiger partial charge is 0.251 e. The van der Waals surface area contributed by atoms with Gasteiger partial charge in [0, 0.05) is 18.3 Å². The van der Waals surface area contributed by atoms with Crippen LogP contribution >= 0.6 is 11.6 Å². The maximum atomic E-state index is 12.3. The van der Waals surface area contributed by atoms with Gasteiger partial charge < -0.3 is 5.32 Å². The van der Waals surface area contributed by atoms with Crippen molar-refractivity contribution in [3.05, 3.63) is 69.8 Å². The van der Waals surface area contributed by atoms with Crippen molar-refractivity contribution < 1.29 is 4.79 Å². The second-order valence-electron chi connectivity index (χ2n) is 6.03. The Morgan fingerprint density at radius 3 is 2.52 bits per heavy atom. The Morgan fingerprint density at radius 2 is 1.96 bits per heavy atom. The first-order valence-corrected chi connectivity index (χ1v) is 8.36. The van der Waals surface area contributed by atoms with E-state index in [1.54, 1.807) is 17.9 Å². The van der Waals surface area contributed by atoms with Crippen LogP contribution in [0.25, 0.3) is 0 Å². The third kappa shape index (κ3) is 3.91. The molecule has 0 aliphatic heterocycles. The molecule has 0 unspecified atom stereocenters. The van der Waals surface area contributed by atoms with E-state index in [-0.39, 0.29) is 5.91 Å². The van der Waals surface area contributed by atoms with Crippen molar-refractivity contribution >= 4 is 17.5 Å². The summed E-state index contributed by atoms with van der Waals surface area (Å²) in [6, 6.07) is 9.58. The maximum absolute atomic E-state index is 12.3. The van der Waals surface area contributed by atoms with Crippen LogP contribution in [0.3, 0.4) is 0 Å². The van der Waals surface area contributed by atoms with Crippen molar-refractivity contribution in [1.82, 2.24) is 24.9 Å². The fraction of sp³-hybridized carbons (Fsp3) is 0.278. The summed E-state index contributed by atoms with van der Waals surface area (Å²) >= 11 is 6.04. The number of nitrogens with one attached hydrogen (secondary N) is 1. The number of aryl methyl sites for hydroxylation is 3. The molecule has 25 heavy (non-hydrogen) atoms. The van der Waals surface area contributed by atoms with E-state index in [1.165, 1.54) is 0 Å². The average Bonchev–Trinajstić information content (AvgIpc) is 3.07. The van der Waals surface area contributed by atoms with E-state index >= 15 is 0 Å². The molecule has 0 bridgehead atoms. The van der Waals surface area contributed by atoms with Crippen molar-refractivity contribution in [2.75, 3.05) is 0 Å². The number of hydrogen-bond donors (Lipinski definition) is 1. The van der Waals surface area contributed by atoms with Crippen LogP contribution in [0.2, 0.25) is 5.02 Å². The van der Waals surface area contributed by atoms with Gasteiger partial charge in [0.15, 0.2) is 0 Å². The lowest BCUT2D eigenvalue weighted by molar-refractivity contribution is 0.0950. The Morgan fingerprint density at radius 1 is 1.24 bits per heavy atom. The zero-order valence-electron chi connectivity index (χ0n) is 14.5. The van der Waals surface area contributed by atoms with E-state index in [2.05, 4.69) is 15.5 Å². The quantitative estimate of drug-likeness (QED) is 0.763. The van der Waals surface area contributed by atoms with Gasteiger partial charge in [-0.3, -0.25) is 14.2 Å². The van der Waals surface area contributed by atoms with Crippen LogP contribution in [0.1, 0.15) is 33.0 Å². The Kier molecular flexibility index (Phi) is 4.90. The van der Waals surface area contributed by atoms with E-state index in [0.717, 1.165) is 22.6 Å². The highest BCUT2D eigenvalue weighted by Gasteiger charge is 2.10. The van der Waals surface area contributed by atoms with Crippen LogP contribution in [0.15, 0.2) is 36.5 Å². The van der Waals surface area contributed by atoms with Crippen LogP contribution in [-0.4, -0.2) is 25.5 Å². The van der Waals surface area contributed by atoms with Gasteiger partial charge in [0.1, 0.15) is 0 Å². The largest absolute Gasteiger partial charge is 0.346 e. The monoisotopic (exact) mass is 357 g/mol. The lowest BCUT2D eigenvalue weighted by Crippen LogP contribution is -2.24. The van der Waals surface area contributed by atoms with Crippen LogP contribution in [0.5, 0.6) is 0 Å². The second-order valence-corrected chi connectivity index (χ2v) is 6.43. The lowest BCUT2D eigenvalue weighted by Gasteiger charge is -2.08. The molecule has 7 heteroatoms. The highest BCUT2D eigenvalue weighted by atomic mass is 35.5. The maximum Gasteiger partial charge on any atom is 0.251 e. The molecule has 130 valence electrons. The summed E-state index contributed by atoms with van der Waals surface area (Å²) in [7, 11) is 1.79. The van der Waals surface area contributed by atoms with Crippen LogP contribution < -0.4 is 5.32 Å². The van der Waals surface area contributed by atoms with Crippen molar-refractivity contribution in [2.24, 2.45) is 7.05 Å². The molecule has 0 aliphatic rings. The van der Waals surface area contributed by atoms with E-state index in [1.807, 2.05) is 48.9 Å². The number of carbonyl (C=O) groups excluding carboxylic acids is 1.